The molecule has 212 valence electrons. The van der Waals surface area contributed by atoms with Gasteiger partial charge in [0, 0.05) is 17.3 Å². The third kappa shape index (κ3) is 3.54. The molecule has 0 bridgehead atoms. The van der Waals surface area contributed by atoms with E-state index in [4.69, 9.17) is 11.8 Å². The van der Waals surface area contributed by atoms with Gasteiger partial charge in [0.1, 0.15) is 0 Å². The molecule has 0 aliphatic heterocycles. The van der Waals surface area contributed by atoms with E-state index in [1.807, 2.05) is 54.7 Å². The SMILES string of the molecule is [2H]c1c([2H])c([2H])c(-c2c3ccccc3c(-c3ccc(-c4c5ccccc5c5ccc6cccc7ccc4c5c76)nc3)c3ccccc23)c([2H])c1[2H]. The zero-order chi connectivity index (χ0) is 34.5. The molecule has 0 amide bonds. The van der Waals surface area contributed by atoms with E-state index < -0.39 is 6.04 Å². The summed E-state index contributed by atoms with van der Waals surface area (Å²) >= 11 is 0. The van der Waals surface area contributed by atoms with Crippen molar-refractivity contribution in [3.63, 3.8) is 0 Å². The number of rotatable bonds is 3. The van der Waals surface area contributed by atoms with E-state index in [1.165, 1.54) is 37.7 Å². The van der Waals surface area contributed by atoms with E-state index in [-0.39, 0.29) is 29.7 Å². The number of nitrogens with zero attached hydrogens (tertiary/aromatic N) is 1. The number of pyridine rings is 1. The summed E-state index contributed by atoms with van der Waals surface area (Å²) < 4.78 is 42.7. The third-order valence-corrected chi connectivity index (χ3v) is 9.52. The number of fused-ring (bicyclic) bond motifs is 4. The Morgan fingerprint density at radius 2 is 0.913 bits per heavy atom. The molecule has 0 unspecified atom stereocenters. The summed E-state index contributed by atoms with van der Waals surface area (Å²) in [7, 11) is 0. The van der Waals surface area contributed by atoms with Crippen LogP contribution in [0.2, 0.25) is 0 Å². The summed E-state index contributed by atoms with van der Waals surface area (Å²) in [4.78, 5) is 5.18. The monoisotopic (exact) mass is 586 g/mol. The van der Waals surface area contributed by atoms with Crippen LogP contribution in [0, 0.1) is 0 Å². The summed E-state index contributed by atoms with van der Waals surface area (Å²) in [6, 6.07) is 42.6. The van der Waals surface area contributed by atoms with Crippen molar-refractivity contribution < 1.29 is 6.85 Å². The summed E-state index contributed by atoms with van der Waals surface area (Å²) in [6.07, 6.45) is 1.94. The van der Waals surface area contributed by atoms with E-state index in [9.17, 15) is 0 Å². The second kappa shape index (κ2) is 9.72. The fraction of sp³-hybridized carbons (Fsp3) is 0. The molecule has 0 fully saturated rings. The Labute approximate surface area is 273 Å². The van der Waals surface area contributed by atoms with Crippen molar-refractivity contribution in [1.82, 2.24) is 4.98 Å². The van der Waals surface area contributed by atoms with Crippen molar-refractivity contribution >= 4 is 64.6 Å². The minimum atomic E-state index is -0.400. The molecule has 0 N–H and O–H groups in total. The van der Waals surface area contributed by atoms with Gasteiger partial charge in [0.2, 0.25) is 0 Å². The summed E-state index contributed by atoms with van der Waals surface area (Å²) in [5.74, 6) is 0. The first-order valence-electron chi connectivity index (χ1n) is 18.0. The van der Waals surface area contributed by atoms with Gasteiger partial charge in [-0.05, 0) is 87.4 Å². The van der Waals surface area contributed by atoms with Crippen molar-refractivity contribution in [1.29, 1.82) is 0 Å². The van der Waals surface area contributed by atoms with Crippen LogP contribution in [0.15, 0.2) is 164 Å². The van der Waals surface area contributed by atoms with Crippen LogP contribution in [0.5, 0.6) is 0 Å². The molecule has 0 atom stereocenters. The molecule has 1 nitrogen and oxygen atoms in total. The van der Waals surface area contributed by atoms with Crippen LogP contribution in [-0.2, 0) is 0 Å². The van der Waals surface area contributed by atoms with Crippen LogP contribution in [0.25, 0.3) is 98.1 Å². The Balaban J connectivity index is 1.24. The number of benzene rings is 9. The van der Waals surface area contributed by atoms with Crippen LogP contribution in [0.4, 0.5) is 0 Å². The zero-order valence-electron chi connectivity index (χ0n) is 29.6. The molecule has 10 aromatic rings. The predicted molar refractivity (Wildman–Crippen MR) is 197 cm³/mol. The van der Waals surface area contributed by atoms with Crippen molar-refractivity contribution in [2.45, 2.75) is 0 Å². The number of hydrogen-bond acceptors (Lipinski definition) is 1. The Morgan fingerprint density at radius 3 is 1.50 bits per heavy atom. The van der Waals surface area contributed by atoms with Gasteiger partial charge in [-0.15, -0.1) is 0 Å². The lowest BCUT2D eigenvalue weighted by Crippen LogP contribution is -1.93. The van der Waals surface area contributed by atoms with Gasteiger partial charge in [0.25, 0.3) is 0 Å². The average molecular weight is 587 g/mol. The molecule has 46 heavy (non-hydrogen) atoms. The average Bonchev–Trinajstić information content (AvgIpc) is 3.18. The van der Waals surface area contributed by atoms with Gasteiger partial charge in [0.05, 0.1) is 12.5 Å². The molecule has 1 aromatic heterocycles. The van der Waals surface area contributed by atoms with E-state index >= 15 is 0 Å². The lowest BCUT2D eigenvalue weighted by molar-refractivity contribution is 1.34. The molecule has 0 aliphatic rings. The number of hydrogen-bond donors (Lipinski definition) is 0. The lowest BCUT2D eigenvalue weighted by Gasteiger charge is -2.19. The maximum Gasteiger partial charge on any atom is 0.0714 e. The van der Waals surface area contributed by atoms with Crippen molar-refractivity contribution in [3.8, 4) is 33.5 Å². The first-order chi connectivity index (χ1) is 24.9. The molecule has 0 saturated carbocycles. The van der Waals surface area contributed by atoms with Gasteiger partial charge < -0.3 is 0 Å². The maximum absolute atomic E-state index is 8.85. The molecular weight excluding hydrogens is 555 g/mol. The van der Waals surface area contributed by atoms with E-state index in [1.54, 1.807) is 0 Å². The lowest BCUT2D eigenvalue weighted by atomic mass is 9.85. The predicted octanol–water partition coefficient (Wildman–Crippen LogP) is 12.4. The normalized spacial score (nSPS) is 13.4. The highest BCUT2D eigenvalue weighted by molar-refractivity contribution is 6.33. The van der Waals surface area contributed by atoms with Gasteiger partial charge in [-0.1, -0.05) is 152 Å². The van der Waals surface area contributed by atoms with Gasteiger partial charge in [0.15, 0.2) is 0 Å². The van der Waals surface area contributed by atoms with Gasteiger partial charge in [-0.25, -0.2) is 0 Å². The van der Waals surface area contributed by atoms with Crippen LogP contribution >= 0.6 is 0 Å². The van der Waals surface area contributed by atoms with Crippen molar-refractivity contribution in [3.05, 3.63) is 164 Å². The van der Waals surface area contributed by atoms with E-state index in [2.05, 4.69) is 78.9 Å². The highest BCUT2D eigenvalue weighted by atomic mass is 14.7. The second-order valence-electron chi connectivity index (χ2n) is 11.9. The van der Waals surface area contributed by atoms with Crippen molar-refractivity contribution in [2.24, 2.45) is 0 Å². The molecule has 0 spiro atoms. The Bertz CT molecular complexity index is 2980. The maximum atomic E-state index is 8.85. The van der Waals surface area contributed by atoms with E-state index in [0.29, 0.717) is 5.56 Å². The molecule has 9 aromatic carbocycles. The highest BCUT2D eigenvalue weighted by Gasteiger charge is 2.19. The quantitative estimate of drug-likeness (QED) is 0.148. The third-order valence-electron chi connectivity index (χ3n) is 9.52. The van der Waals surface area contributed by atoms with Gasteiger partial charge >= 0.3 is 0 Å². The number of aromatic nitrogens is 1. The zero-order valence-corrected chi connectivity index (χ0v) is 24.6. The molecule has 0 saturated heterocycles. The Kier molecular flexibility index (Phi) is 4.40. The fourth-order valence-corrected chi connectivity index (χ4v) is 7.65. The molecular formula is C45H27N. The first kappa shape index (κ1) is 20.8. The first-order valence-corrected chi connectivity index (χ1v) is 15.5. The van der Waals surface area contributed by atoms with Crippen LogP contribution < -0.4 is 0 Å². The molecule has 0 radical (unpaired) electrons. The minimum absolute atomic E-state index is 0.203. The Morgan fingerprint density at radius 1 is 0.370 bits per heavy atom. The largest absolute Gasteiger partial charge is 0.256 e. The van der Waals surface area contributed by atoms with Crippen molar-refractivity contribution in [2.75, 3.05) is 0 Å². The fourth-order valence-electron chi connectivity index (χ4n) is 7.65. The topological polar surface area (TPSA) is 12.9 Å². The van der Waals surface area contributed by atoms with Gasteiger partial charge in [-0.3, -0.25) is 4.98 Å². The summed E-state index contributed by atoms with van der Waals surface area (Å²) in [5.41, 5.74) is 4.74. The standard InChI is InChI=1S/C45H27N/c1-2-11-28(12-3-1)42-34-17-6-8-19-36(34)43(37-20-9-7-18-35(37)42)31-23-26-40(46-27-31)44-33-16-5-4-15-32(33)38-24-21-29-13-10-14-30-22-25-39(44)45(38)41(29)30/h1-27H/i1D,2D,3D,11D,12D. The smallest absolute Gasteiger partial charge is 0.0714 e. The highest BCUT2D eigenvalue weighted by Crippen LogP contribution is 2.46. The van der Waals surface area contributed by atoms with Crippen LogP contribution in [0.3, 0.4) is 0 Å². The van der Waals surface area contributed by atoms with Crippen LogP contribution in [-0.4, -0.2) is 4.98 Å². The summed E-state index contributed by atoms with van der Waals surface area (Å²) in [6.45, 7) is 0. The Hall–Kier alpha value is -6.05. The molecule has 0 aliphatic carbocycles. The van der Waals surface area contributed by atoms with E-state index in [0.717, 1.165) is 49.3 Å². The summed E-state index contributed by atoms with van der Waals surface area (Å²) in [5, 5.41) is 13.2. The van der Waals surface area contributed by atoms with Crippen LogP contribution in [0.1, 0.15) is 6.85 Å². The molecule has 10 rings (SSSR count). The molecule has 1 heteroatoms. The second-order valence-corrected chi connectivity index (χ2v) is 11.9. The van der Waals surface area contributed by atoms with Gasteiger partial charge in [-0.2, -0.15) is 0 Å². The molecule has 1 heterocycles. The minimum Gasteiger partial charge on any atom is -0.256 e.